The van der Waals surface area contributed by atoms with Crippen molar-refractivity contribution in [2.24, 2.45) is 0 Å². The number of hydrogen-bond acceptors (Lipinski definition) is 4. The summed E-state index contributed by atoms with van der Waals surface area (Å²) in [6.07, 6.45) is 0.912. The lowest BCUT2D eigenvalue weighted by Gasteiger charge is -2.10. The summed E-state index contributed by atoms with van der Waals surface area (Å²) < 4.78 is 1.13. The smallest absolute Gasteiger partial charge is 0.315 e. The van der Waals surface area contributed by atoms with E-state index < -0.39 is 6.10 Å². The van der Waals surface area contributed by atoms with Gasteiger partial charge in [-0.1, -0.05) is 18.2 Å². The number of aromatic nitrogens is 2. The van der Waals surface area contributed by atoms with E-state index in [1.807, 2.05) is 30.3 Å². The molecule has 0 fully saturated rings. The molecule has 2 amide bonds. The van der Waals surface area contributed by atoms with Gasteiger partial charge in [0.25, 0.3) is 0 Å². The van der Waals surface area contributed by atoms with Crippen LogP contribution in [0.15, 0.2) is 42.6 Å². The number of aliphatic hydroxyl groups excluding tert-OH is 1. The van der Waals surface area contributed by atoms with E-state index in [0.717, 1.165) is 20.7 Å². The highest BCUT2D eigenvalue weighted by Gasteiger charge is 2.12. The number of hydrogen-bond donors (Lipinski definition) is 4. The molecule has 3 rings (SSSR count). The summed E-state index contributed by atoms with van der Waals surface area (Å²) in [4.78, 5) is 12.5. The van der Waals surface area contributed by atoms with Gasteiger partial charge in [0.1, 0.15) is 6.10 Å². The molecule has 0 aliphatic heterocycles. The summed E-state index contributed by atoms with van der Waals surface area (Å²) in [5.74, 6) is 0. The molecule has 0 bridgehead atoms. The topological polar surface area (TPSA) is 90.0 Å². The Hall–Kier alpha value is -2.38. The molecular formula is C15H16N4O2S. The van der Waals surface area contributed by atoms with Crippen molar-refractivity contribution in [3.8, 4) is 0 Å². The Morgan fingerprint density at radius 3 is 2.95 bits per heavy atom. The number of carbonyl (C=O) groups is 1. The number of benzene rings is 1. The van der Waals surface area contributed by atoms with Crippen LogP contribution in [0.2, 0.25) is 0 Å². The molecule has 0 aliphatic rings. The minimum absolute atomic E-state index is 0.168. The number of amides is 2. The maximum Gasteiger partial charge on any atom is 0.315 e. The molecule has 0 aliphatic carbocycles. The molecule has 6 nitrogen and oxygen atoms in total. The zero-order valence-corrected chi connectivity index (χ0v) is 12.6. The summed E-state index contributed by atoms with van der Waals surface area (Å²) in [6, 6.07) is 11.4. The number of nitrogens with one attached hydrogen (secondary N) is 3. The van der Waals surface area contributed by atoms with E-state index in [-0.39, 0.29) is 12.6 Å². The van der Waals surface area contributed by atoms with Gasteiger partial charge < -0.3 is 15.7 Å². The van der Waals surface area contributed by atoms with E-state index in [1.54, 1.807) is 12.3 Å². The summed E-state index contributed by atoms with van der Waals surface area (Å²) in [6.45, 7) is 0.534. The fraction of sp³-hybridized carbons (Fsp3) is 0.200. The van der Waals surface area contributed by atoms with Gasteiger partial charge in [-0.05, 0) is 23.6 Å². The molecule has 2 aromatic heterocycles. The van der Waals surface area contributed by atoms with Crippen molar-refractivity contribution in [2.75, 3.05) is 6.54 Å². The number of rotatable bonds is 5. The molecule has 7 heteroatoms. The highest BCUT2D eigenvalue weighted by Crippen LogP contribution is 2.29. The summed E-state index contributed by atoms with van der Waals surface area (Å²) >= 11 is 1.53. The third-order valence-corrected chi connectivity index (χ3v) is 4.44. The summed E-state index contributed by atoms with van der Waals surface area (Å²) in [5.41, 5.74) is 0.820. The molecule has 1 unspecified atom stereocenters. The fourth-order valence-corrected chi connectivity index (χ4v) is 3.13. The standard InChI is InChI=1S/C15H16N4O2S/c20-12(14-7-10-3-1-2-4-13(10)22-14)9-17-15(21)16-8-11-5-6-18-19-11/h1-7,12,20H,8-9H2,(H,18,19)(H2,16,17,21). The van der Waals surface area contributed by atoms with Crippen LogP contribution in [-0.4, -0.2) is 27.9 Å². The Bertz CT molecular complexity index is 721. The van der Waals surface area contributed by atoms with Crippen LogP contribution >= 0.6 is 11.3 Å². The van der Waals surface area contributed by atoms with E-state index in [4.69, 9.17) is 0 Å². The average Bonchev–Trinajstić information content (AvgIpc) is 3.19. The molecule has 3 aromatic rings. The monoisotopic (exact) mass is 316 g/mol. The zero-order chi connectivity index (χ0) is 15.4. The Labute approximate surface area is 131 Å². The first-order chi connectivity index (χ1) is 10.7. The zero-order valence-electron chi connectivity index (χ0n) is 11.7. The van der Waals surface area contributed by atoms with Crippen LogP contribution in [0.3, 0.4) is 0 Å². The molecule has 1 atom stereocenters. The van der Waals surface area contributed by atoms with Crippen LogP contribution in [0, 0.1) is 0 Å². The molecule has 0 radical (unpaired) electrons. The van der Waals surface area contributed by atoms with Gasteiger partial charge in [0.2, 0.25) is 0 Å². The lowest BCUT2D eigenvalue weighted by molar-refractivity contribution is 0.176. The molecule has 0 saturated heterocycles. The molecule has 4 N–H and O–H groups in total. The van der Waals surface area contributed by atoms with Gasteiger partial charge in [-0.2, -0.15) is 5.10 Å². The van der Waals surface area contributed by atoms with Crippen LogP contribution in [0.1, 0.15) is 16.7 Å². The Balaban J connectivity index is 1.51. The first kappa shape index (κ1) is 14.6. The largest absolute Gasteiger partial charge is 0.386 e. The van der Waals surface area contributed by atoms with E-state index in [1.165, 1.54) is 11.3 Å². The van der Waals surface area contributed by atoms with Crippen LogP contribution in [0.25, 0.3) is 10.1 Å². The van der Waals surface area contributed by atoms with Crippen LogP contribution < -0.4 is 10.6 Å². The molecule has 22 heavy (non-hydrogen) atoms. The van der Waals surface area contributed by atoms with Crippen molar-refractivity contribution < 1.29 is 9.90 Å². The van der Waals surface area contributed by atoms with Gasteiger partial charge in [-0.25, -0.2) is 4.79 Å². The van der Waals surface area contributed by atoms with Crippen molar-refractivity contribution in [1.82, 2.24) is 20.8 Å². The van der Waals surface area contributed by atoms with Crippen LogP contribution in [0.4, 0.5) is 4.79 Å². The number of nitrogens with zero attached hydrogens (tertiary/aromatic N) is 1. The number of thiophene rings is 1. The third kappa shape index (κ3) is 3.44. The Kier molecular flexibility index (Phi) is 4.36. The second-order valence-electron chi connectivity index (χ2n) is 4.85. The molecule has 0 spiro atoms. The second-order valence-corrected chi connectivity index (χ2v) is 5.96. The van der Waals surface area contributed by atoms with Crippen LogP contribution in [-0.2, 0) is 6.54 Å². The summed E-state index contributed by atoms with van der Waals surface area (Å²) in [5, 5.41) is 23.2. The minimum atomic E-state index is -0.713. The normalized spacial score (nSPS) is 12.2. The lowest BCUT2D eigenvalue weighted by Crippen LogP contribution is -2.37. The number of carbonyl (C=O) groups excluding carboxylic acids is 1. The average molecular weight is 316 g/mol. The van der Waals surface area contributed by atoms with Gasteiger partial charge in [-0.3, -0.25) is 5.10 Å². The van der Waals surface area contributed by atoms with Gasteiger partial charge in [0.15, 0.2) is 0 Å². The molecule has 0 saturated carbocycles. The van der Waals surface area contributed by atoms with E-state index in [0.29, 0.717) is 6.54 Å². The van der Waals surface area contributed by atoms with E-state index in [2.05, 4.69) is 20.8 Å². The Morgan fingerprint density at radius 1 is 1.32 bits per heavy atom. The number of fused-ring (bicyclic) bond motifs is 1. The van der Waals surface area contributed by atoms with Crippen molar-refractivity contribution in [3.63, 3.8) is 0 Å². The van der Waals surface area contributed by atoms with E-state index in [9.17, 15) is 9.90 Å². The van der Waals surface area contributed by atoms with Crippen molar-refractivity contribution >= 4 is 27.5 Å². The molecule has 2 heterocycles. The maximum atomic E-state index is 11.7. The Morgan fingerprint density at radius 2 is 2.18 bits per heavy atom. The number of aromatic amines is 1. The summed E-state index contributed by atoms with van der Waals surface area (Å²) in [7, 11) is 0. The first-order valence-electron chi connectivity index (χ1n) is 6.89. The van der Waals surface area contributed by atoms with E-state index >= 15 is 0 Å². The van der Waals surface area contributed by atoms with Crippen molar-refractivity contribution in [3.05, 3.63) is 53.2 Å². The minimum Gasteiger partial charge on any atom is -0.386 e. The van der Waals surface area contributed by atoms with Crippen molar-refractivity contribution in [1.29, 1.82) is 0 Å². The predicted octanol–water partition coefficient (Wildman–Crippen LogP) is 2.16. The van der Waals surface area contributed by atoms with Gasteiger partial charge >= 0.3 is 6.03 Å². The predicted molar refractivity (Wildman–Crippen MR) is 85.6 cm³/mol. The van der Waals surface area contributed by atoms with Crippen molar-refractivity contribution in [2.45, 2.75) is 12.6 Å². The number of aliphatic hydroxyl groups is 1. The third-order valence-electron chi connectivity index (χ3n) is 3.23. The maximum absolute atomic E-state index is 11.7. The highest BCUT2D eigenvalue weighted by atomic mass is 32.1. The fourth-order valence-electron chi connectivity index (χ4n) is 2.08. The quantitative estimate of drug-likeness (QED) is 0.581. The molecular weight excluding hydrogens is 300 g/mol. The van der Waals surface area contributed by atoms with Gasteiger partial charge in [0, 0.05) is 15.8 Å². The molecule has 114 valence electrons. The SMILES string of the molecule is O=C(NCc1ccn[nH]1)NCC(O)c1cc2ccccc2s1. The number of H-pyrrole nitrogens is 1. The van der Waals surface area contributed by atoms with Gasteiger partial charge in [-0.15, -0.1) is 11.3 Å². The molecule has 1 aromatic carbocycles. The second kappa shape index (κ2) is 6.59. The number of urea groups is 1. The highest BCUT2D eigenvalue weighted by molar-refractivity contribution is 7.19. The van der Waals surface area contributed by atoms with Crippen LogP contribution in [0.5, 0.6) is 0 Å². The first-order valence-corrected chi connectivity index (χ1v) is 7.70. The lowest BCUT2D eigenvalue weighted by atomic mass is 10.2. The van der Waals surface area contributed by atoms with Gasteiger partial charge in [0.05, 0.1) is 18.8 Å².